The van der Waals surface area contributed by atoms with Crippen molar-refractivity contribution >= 4 is 28.4 Å². The number of carbonyl (C=O) groups is 1. The summed E-state index contributed by atoms with van der Waals surface area (Å²) >= 11 is 6.68. The lowest BCUT2D eigenvalue weighted by Gasteiger charge is -2.55. The first-order valence-electron chi connectivity index (χ1n) is 11.2. The lowest BCUT2D eigenvalue weighted by molar-refractivity contribution is -0.149. The van der Waals surface area contributed by atoms with Gasteiger partial charge in [-0.25, -0.2) is 0 Å². The molecular weight excluding hydrogens is 410 g/mol. The molecule has 6 rings (SSSR count). The first-order chi connectivity index (χ1) is 14.6. The van der Waals surface area contributed by atoms with Gasteiger partial charge in [0.1, 0.15) is 5.75 Å². The molecular formula is C25H30ClN3O2. The Morgan fingerprint density at radius 3 is 2.77 bits per heavy atom. The van der Waals surface area contributed by atoms with Gasteiger partial charge in [0.25, 0.3) is 0 Å². The summed E-state index contributed by atoms with van der Waals surface area (Å²) in [5, 5.41) is 11.4. The van der Waals surface area contributed by atoms with Crippen LogP contribution < -0.4 is 4.74 Å². The molecule has 1 amide bonds. The number of aromatic amines is 1. The van der Waals surface area contributed by atoms with Gasteiger partial charge in [0.2, 0.25) is 5.91 Å². The predicted octanol–water partition coefficient (Wildman–Crippen LogP) is 5.57. The number of aromatic nitrogens is 1. The molecule has 3 heterocycles. The summed E-state index contributed by atoms with van der Waals surface area (Å²) in [7, 11) is 1.60. The largest absolute Gasteiger partial charge is 0.495 e. The molecule has 0 radical (unpaired) electrons. The number of H-pyrrole nitrogens is 1. The van der Waals surface area contributed by atoms with Crippen molar-refractivity contribution in [2.75, 3.05) is 7.11 Å². The molecule has 4 aliphatic rings. The van der Waals surface area contributed by atoms with Crippen LogP contribution in [-0.2, 0) is 10.2 Å². The van der Waals surface area contributed by atoms with Crippen LogP contribution in [0.15, 0.2) is 18.3 Å². The van der Waals surface area contributed by atoms with Crippen molar-refractivity contribution in [3.63, 3.8) is 0 Å². The van der Waals surface area contributed by atoms with E-state index in [2.05, 4.69) is 22.9 Å². The zero-order valence-corrected chi connectivity index (χ0v) is 19.5. The Bertz CT molecular complexity index is 1120. The fraction of sp³-hybridized carbons (Fsp3) is 0.600. The van der Waals surface area contributed by atoms with E-state index < -0.39 is 5.41 Å². The Morgan fingerprint density at radius 2 is 2.06 bits per heavy atom. The van der Waals surface area contributed by atoms with Crippen LogP contribution in [0.3, 0.4) is 0 Å². The molecule has 1 N–H and O–H groups in total. The average Bonchev–Trinajstić information content (AvgIpc) is 3.09. The second-order valence-corrected chi connectivity index (χ2v) is 11.3. The zero-order chi connectivity index (χ0) is 22.2. The highest BCUT2D eigenvalue weighted by Gasteiger charge is 2.58. The lowest BCUT2D eigenvalue weighted by Crippen LogP contribution is -2.60. The molecule has 6 heteroatoms. The molecule has 31 heavy (non-hydrogen) atoms. The average molecular weight is 440 g/mol. The summed E-state index contributed by atoms with van der Waals surface area (Å²) < 4.78 is 5.42. The molecule has 2 aliphatic carbocycles. The van der Waals surface area contributed by atoms with Gasteiger partial charge in [0, 0.05) is 29.2 Å². The normalized spacial score (nSPS) is 32.2. The number of hydrogen-bond acceptors (Lipinski definition) is 3. The van der Waals surface area contributed by atoms with Gasteiger partial charge in [0.15, 0.2) is 0 Å². The lowest BCUT2D eigenvalue weighted by atomic mass is 9.59. The molecule has 164 valence electrons. The van der Waals surface area contributed by atoms with Crippen molar-refractivity contribution < 1.29 is 9.53 Å². The van der Waals surface area contributed by atoms with Crippen LogP contribution in [-0.4, -0.2) is 35.0 Å². The molecule has 2 aliphatic heterocycles. The molecule has 1 aromatic carbocycles. The number of nitriles is 1. The van der Waals surface area contributed by atoms with E-state index in [1.807, 2.05) is 32.2 Å². The van der Waals surface area contributed by atoms with Gasteiger partial charge in [-0.05, 0) is 75.5 Å². The van der Waals surface area contributed by atoms with E-state index in [1.165, 1.54) is 0 Å². The Kier molecular flexibility index (Phi) is 4.44. The van der Waals surface area contributed by atoms with Crippen LogP contribution in [0.2, 0.25) is 5.02 Å². The van der Waals surface area contributed by atoms with Gasteiger partial charge in [0.05, 0.1) is 29.0 Å². The van der Waals surface area contributed by atoms with Crippen molar-refractivity contribution in [1.29, 1.82) is 5.26 Å². The predicted molar refractivity (Wildman–Crippen MR) is 121 cm³/mol. The monoisotopic (exact) mass is 439 g/mol. The second kappa shape index (κ2) is 6.65. The van der Waals surface area contributed by atoms with Crippen LogP contribution in [0.4, 0.5) is 0 Å². The van der Waals surface area contributed by atoms with E-state index in [0.29, 0.717) is 10.8 Å². The molecule has 4 atom stereocenters. The van der Waals surface area contributed by atoms with Gasteiger partial charge >= 0.3 is 0 Å². The standard InChI is InChI=1S/C25H30ClN3O2/c1-23(2,17-12-28-18-5-6-19(31-4)21(26)20(17)18)22(30)29-15-7-8-25(14-27)11-16(29)10-24(3,9-15)13-25/h5-6,12,15-16,28H,7-11,13H2,1-4H3. The fourth-order valence-electron chi connectivity index (χ4n) is 6.97. The second-order valence-electron chi connectivity index (χ2n) is 10.9. The number of halogens is 1. The summed E-state index contributed by atoms with van der Waals surface area (Å²) in [4.78, 5) is 19.6. The van der Waals surface area contributed by atoms with Crippen LogP contribution in [0.5, 0.6) is 5.75 Å². The van der Waals surface area contributed by atoms with Crippen molar-refractivity contribution in [3.8, 4) is 11.8 Å². The van der Waals surface area contributed by atoms with Gasteiger partial charge in [-0.3, -0.25) is 4.79 Å². The van der Waals surface area contributed by atoms with Gasteiger partial charge in [-0.15, -0.1) is 0 Å². The quantitative estimate of drug-likeness (QED) is 0.679. The number of nitrogens with one attached hydrogen (secondary N) is 1. The van der Waals surface area contributed by atoms with E-state index in [-0.39, 0.29) is 28.8 Å². The fourth-order valence-corrected chi connectivity index (χ4v) is 7.31. The number of fused-ring (bicyclic) bond motifs is 2. The topological polar surface area (TPSA) is 69.1 Å². The van der Waals surface area contributed by atoms with E-state index in [9.17, 15) is 10.1 Å². The van der Waals surface area contributed by atoms with Gasteiger partial charge in [-0.2, -0.15) is 5.26 Å². The Morgan fingerprint density at radius 1 is 1.32 bits per heavy atom. The molecule has 2 saturated heterocycles. The molecule has 0 spiro atoms. The maximum absolute atomic E-state index is 14.2. The Labute approximate surface area is 188 Å². The van der Waals surface area contributed by atoms with Gasteiger partial charge in [-0.1, -0.05) is 18.5 Å². The third-order valence-corrected chi connectivity index (χ3v) is 8.61. The van der Waals surface area contributed by atoms with Crippen LogP contribution >= 0.6 is 11.6 Å². The van der Waals surface area contributed by atoms with Gasteiger partial charge < -0.3 is 14.6 Å². The maximum atomic E-state index is 14.2. The number of methoxy groups -OCH3 is 1. The molecule has 4 fully saturated rings. The third-order valence-electron chi connectivity index (χ3n) is 8.24. The summed E-state index contributed by atoms with van der Waals surface area (Å²) in [5.74, 6) is 0.744. The van der Waals surface area contributed by atoms with Crippen molar-refractivity contribution in [1.82, 2.24) is 9.88 Å². The first kappa shape index (κ1) is 20.7. The number of hydrogen-bond donors (Lipinski definition) is 1. The molecule has 5 nitrogen and oxygen atoms in total. The number of carbonyl (C=O) groups excluding carboxylic acids is 1. The zero-order valence-electron chi connectivity index (χ0n) is 18.7. The summed E-state index contributed by atoms with van der Waals surface area (Å²) in [5.41, 5.74) is 0.929. The summed E-state index contributed by atoms with van der Waals surface area (Å²) in [6, 6.07) is 6.80. The van der Waals surface area contributed by atoms with Crippen molar-refractivity contribution in [2.45, 2.75) is 76.8 Å². The minimum Gasteiger partial charge on any atom is -0.495 e. The smallest absolute Gasteiger partial charge is 0.233 e. The molecule has 2 aromatic rings. The Hall–Kier alpha value is -2.19. The highest BCUT2D eigenvalue weighted by molar-refractivity contribution is 6.37. The van der Waals surface area contributed by atoms with Crippen LogP contribution in [0.1, 0.15) is 64.9 Å². The molecule has 2 saturated carbocycles. The minimum absolute atomic E-state index is 0.139. The first-order valence-corrected chi connectivity index (χ1v) is 11.6. The number of piperidine rings is 1. The van der Waals surface area contributed by atoms with Crippen molar-refractivity contribution in [2.24, 2.45) is 10.8 Å². The van der Waals surface area contributed by atoms with Crippen molar-refractivity contribution in [3.05, 3.63) is 28.9 Å². The number of benzene rings is 1. The molecule has 4 unspecified atom stereocenters. The van der Waals surface area contributed by atoms with E-state index in [4.69, 9.17) is 16.3 Å². The summed E-state index contributed by atoms with van der Waals surface area (Å²) in [6.45, 7) is 6.32. The molecule has 1 aromatic heterocycles. The van der Waals surface area contributed by atoms with E-state index in [1.54, 1.807) is 7.11 Å². The van der Waals surface area contributed by atoms with Crippen LogP contribution in [0.25, 0.3) is 10.9 Å². The minimum atomic E-state index is -0.753. The third kappa shape index (κ3) is 2.91. The number of nitrogens with zero attached hydrogens (tertiary/aromatic N) is 2. The maximum Gasteiger partial charge on any atom is 0.233 e. The Balaban J connectivity index is 1.56. The highest BCUT2D eigenvalue weighted by atomic mass is 35.5. The number of ether oxygens (including phenoxy) is 1. The summed E-state index contributed by atoms with van der Waals surface area (Å²) in [6.07, 6.45) is 7.52. The van der Waals surface area contributed by atoms with E-state index >= 15 is 0 Å². The number of amides is 1. The molecule has 4 bridgehead atoms. The number of rotatable bonds is 3. The van der Waals surface area contributed by atoms with E-state index in [0.717, 1.165) is 55.0 Å². The SMILES string of the molecule is COc1ccc2[nH]cc(C(C)(C)C(=O)N3C4CCC5(C#N)CC3CC(C)(C4)C5)c2c1Cl. The van der Waals surface area contributed by atoms with Crippen LogP contribution in [0, 0.1) is 22.2 Å². The highest BCUT2D eigenvalue weighted by Crippen LogP contribution is 2.59.